The van der Waals surface area contributed by atoms with Gasteiger partial charge >= 0.3 is 6.03 Å². The first kappa shape index (κ1) is 22.3. The Kier molecular flexibility index (Phi) is 5.79. The van der Waals surface area contributed by atoms with Crippen LogP contribution in [-0.4, -0.2) is 22.1 Å². The van der Waals surface area contributed by atoms with Gasteiger partial charge in [0.15, 0.2) is 0 Å². The number of nitrogens with one attached hydrogen (secondary N) is 2. The topological polar surface area (TPSA) is 76.0 Å². The number of rotatable bonds is 7. The van der Waals surface area contributed by atoms with Crippen molar-refractivity contribution in [1.29, 1.82) is 0 Å². The predicted molar refractivity (Wildman–Crippen MR) is 140 cm³/mol. The van der Waals surface area contributed by atoms with Crippen molar-refractivity contribution in [2.75, 3.05) is 10.6 Å². The van der Waals surface area contributed by atoms with Gasteiger partial charge in [-0.2, -0.15) is 5.10 Å². The predicted octanol–water partition coefficient (Wildman–Crippen LogP) is 6.65. The van der Waals surface area contributed by atoms with Crippen LogP contribution in [0.15, 0.2) is 96.6 Å². The summed E-state index contributed by atoms with van der Waals surface area (Å²) in [5.74, 6) is 0.544. The minimum absolute atomic E-state index is 0.243. The lowest BCUT2D eigenvalue weighted by atomic mass is 9.81. The number of benzene rings is 3. The van der Waals surface area contributed by atoms with E-state index in [0.717, 1.165) is 40.5 Å². The van der Waals surface area contributed by atoms with Crippen molar-refractivity contribution in [2.24, 2.45) is 0 Å². The number of nitrogens with zero attached hydrogens (tertiary/aromatic N) is 2. The van der Waals surface area contributed by atoms with E-state index >= 15 is 0 Å². The van der Waals surface area contributed by atoms with E-state index in [2.05, 4.69) is 36.6 Å². The summed E-state index contributed by atoms with van der Waals surface area (Å²) in [5.41, 5.74) is 3.94. The molecule has 0 unspecified atom stereocenters. The Morgan fingerprint density at radius 2 is 1.74 bits per heavy atom. The number of anilines is 2. The number of amides is 2. The number of allylic oxidation sites excluding steroid dienone is 4. The molecule has 3 aromatic carbocycles. The van der Waals surface area contributed by atoms with Crippen LogP contribution in [0.3, 0.4) is 0 Å². The molecule has 1 aromatic heterocycles. The minimum Gasteiger partial charge on any atom is -0.307 e. The second kappa shape index (κ2) is 9.06. The molecule has 2 amide bonds. The Morgan fingerprint density at radius 3 is 2.46 bits per heavy atom. The molecular weight excluding hydrogens is 436 g/mol. The number of carbonyl (C=O) groups excluding carboxylic acids is 2. The minimum atomic E-state index is -0.360. The van der Waals surface area contributed by atoms with E-state index in [0.29, 0.717) is 11.4 Å². The van der Waals surface area contributed by atoms with E-state index in [1.165, 1.54) is 5.57 Å². The molecule has 0 radical (unpaired) electrons. The van der Waals surface area contributed by atoms with E-state index in [1.807, 2.05) is 66.7 Å². The maximum absolute atomic E-state index is 13.1. The van der Waals surface area contributed by atoms with E-state index in [-0.39, 0.29) is 11.4 Å². The maximum Gasteiger partial charge on any atom is 0.324 e. The van der Waals surface area contributed by atoms with Gasteiger partial charge in [0.05, 0.1) is 17.1 Å². The second-order valence-electron chi connectivity index (χ2n) is 9.30. The van der Waals surface area contributed by atoms with Gasteiger partial charge < -0.3 is 5.32 Å². The van der Waals surface area contributed by atoms with Gasteiger partial charge in [0.25, 0.3) is 0 Å². The van der Waals surface area contributed by atoms with Gasteiger partial charge in [0.2, 0.25) is 0 Å². The van der Waals surface area contributed by atoms with Crippen LogP contribution in [0.1, 0.15) is 36.3 Å². The highest BCUT2D eigenvalue weighted by atomic mass is 16.2. The van der Waals surface area contributed by atoms with E-state index in [4.69, 9.17) is 5.10 Å². The fourth-order valence-electron chi connectivity index (χ4n) is 4.25. The molecule has 174 valence electrons. The molecule has 0 fully saturated rings. The average molecular weight is 463 g/mol. The Balaban J connectivity index is 1.46. The Bertz CT molecular complexity index is 1470. The molecule has 0 saturated heterocycles. The van der Waals surface area contributed by atoms with Gasteiger partial charge in [-0.05, 0) is 47.7 Å². The monoisotopic (exact) mass is 462 g/mol. The second-order valence-corrected chi connectivity index (χ2v) is 9.30. The lowest BCUT2D eigenvalue weighted by Crippen LogP contribution is -2.21. The molecule has 1 heterocycles. The van der Waals surface area contributed by atoms with Crippen LogP contribution in [0.2, 0.25) is 0 Å². The summed E-state index contributed by atoms with van der Waals surface area (Å²) in [6.07, 6.45) is 7.88. The van der Waals surface area contributed by atoms with Crippen LogP contribution < -0.4 is 10.6 Å². The van der Waals surface area contributed by atoms with Gasteiger partial charge in [0, 0.05) is 22.4 Å². The average Bonchev–Trinajstić information content (AvgIpc) is 3.26. The Morgan fingerprint density at radius 1 is 1.00 bits per heavy atom. The van der Waals surface area contributed by atoms with E-state index in [9.17, 15) is 9.59 Å². The molecule has 35 heavy (non-hydrogen) atoms. The first-order valence-corrected chi connectivity index (χ1v) is 11.5. The summed E-state index contributed by atoms with van der Waals surface area (Å²) >= 11 is 0. The first-order chi connectivity index (χ1) is 16.9. The number of urea groups is 1. The number of fused-ring (bicyclic) bond motifs is 1. The van der Waals surface area contributed by atoms with Gasteiger partial charge in [-0.1, -0.05) is 68.5 Å². The third-order valence-corrected chi connectivity index (χ3v) is 6.22. The molecule has 0 atom stereocenters. The van der Waals surface area contributed by atoms with Crippen molar-refractivity contribution in [3.63, 3.8) is 0 Å². The summed E-state index contributed by atoms with van der Waals surface area (Å²) in [6.45, 7) is 4.28. The van der Waals surface area contributed by atoms with Gasteiger partial charge in [-0.25, -0.2) is 9.48 Å². The fraction of sp³-hybridized carbons (Fsp3) is 0.138. The van der Waals surface area contributed by atoms with Crippen molar-refractivity contribution < 1.29 is 9.59 Å². The highest BCUT2D eigenvalue weighted by Crippen LogP contribution is 2.34. The zero-order valence-electron chi connectivity index (χ0n) is 19.7. The summed E-state index contributed by atoms with van der Waals surface area (Å²) in [6, 6.07) is 22.4. The van der Waals surface area contributed by atoms with Crippen LogP contribution in [0.5, 0.6) is 0 Å². The van der Waals surface area contributed by atoms with Gasteiger partial charge in [-0.3, -0.25) is 10.1 Å². The smallest absolute Gasteiger partial charge is 0.307 e. The van der Waals surface area contributed by atoms with Crippen molar-refractivity contribution in [3.05, 3.63) is 108 Å². The maximum atomic E-state index is 13.1. The largest absolute Gasteiger partial charge is 0.324 e. The van der Waals surface area contributed by atoms with Crippen LogP contribution in [-0.2, 0) is 5.41 Å². The van der Waals surface area contributed by atoms with Crippen molar-refractivity contribution >= 4 is 34.6 Å². The number of aldehydes is 1. The molecule has 5 rings (SSSR count). The molecule has 0 bridgehead atoms. The number of hydrogen-bond donors (Lipinski definition) is 2. The molecule has 1 aliphatic rings. The highest BCUT2D eigenvalue weighted by Gasteiger charge is 2.27. The quantitative estimate of drug-likeness (QED) is 0.302. The fourth-order valence-corrected chi connectivity index (χ4v) is 4.25. The number of hydrogen-bond acceptors (Lipinski definition) is 3. The zero-order valence-corrected chi connectivity index (χ0v) is 19.7. The molecule has 1 aliphatic carbocycles. The van der Waals surface area contributed by atoms with Gasteiger partial charge in [-0.15, -0.1) is 0 Å². The molecule has 2 N–H and O–H groups in total. The highest BCUT2D eigenvalue weighted by molar-refractivity contribution is 6.06. The van der Waals surface area contributed by atoms with Crippen LogP contribution in [0, 0.1) is 0 Å². The third kappa shape index (κ3) is 4.64. The Labute approximate surface area is 204 Å². The van der Waals surface area contributed by atoms with Crippen LogP contribution in [0.25, 0.3) is 16.5 Å². The van der Waals surface area contributed by atoms with E-state index in [1.54, 1.807) is 16.8 Å². The van der Waals surface area contributed by atoms with E-state index < -0.39 is 0 Å². The molecule has 6 nitrogen and oxygen atoms in total. The van der Waals surface area contributed by atoms with Crippen molar-refractivity contribution in [3.8, 4) is 5.69 Å². The normalized spacial score (nSPS) is 12.7. The summed E-state index contributed by atoms with van der Waals surface area (Å²) in [4.78, 5) is 24.2. The van der Waals surface area contributed by atoms with Crippen LogP contribution >= 0.6 is 0 Å². The number of carbonyl (C=O) groups is 2. The molecule has 0 saturated carbocycles. The molecule has 0 spiro atoms. The first-order valence-electron chi connectivity index (χ1n) is 11.5. The molecular formula is C29H26N4O2. The molecule has 4 aromatic rings. The molecule has 0 aliphatic heterocycles. The Hall–Kier alpha value is -4.45. The van der Waals surface area contributed by atoms with Gasteiger partial charge in [0.1, 0.15) is 12.1 Å². The lowest BCUT2D eigenvalue weighted by molar-refractivity contribution is 0.112. The number of aromatic nitrogens is 2. The standard InChI is InChI=1S/C29H26N4O2/c1-29(2,18-20-7-5-8-20)26-17-27(33(32-26)23-15-13-21(19-34)14-16-23)31-28(35)30-25-12-6-10-22-9-3-4-11-24(22)25/h3-17,19H,18H2,1-2H3,(H2,30,31,35). The summed E-state index contributed by atoms with van der Waals surface area (Å²) in [5, 5.41) is 12.8. The van der Waals surface area contributed by atoms with Crippen molar-refractivity contribution in [2.45, 2.75) is 25.7 Å². The zero-order chi connectivity index (χ0) is 24.4. The lowest BCUT2D eigenvalue weighted by Gasteiger charge is -2.24. The third-order valence-electron chi connectivity index (χ3n) is 6.22. The van der Waals surface area contributed by atoms with Crippen molar-refractivity contribution in [1.82, 2.24) is 9.78 Å². The van der Waals surface area contributed by atoms with Crippen LogP contribution in [0.4, 0.5) is 16.3 Å². The molecule has 6 heteroatoms. The summed E-state index contributed by atoms with van der Waals surface area (Å²) < 4.78 is 1.71. The summed E-state index contributed by atoms with van der Waals surface area (Å²) in [7, 11) is 0. The SMILES string of the molecule is CC(C)(CC1=CC=C1)c1cc(NC(=O)Nc2cccc3ccccc23)n(-c2ccc(C=O)cc2)n1.